The van der Waals surface area contributed by atoms with Crippen LogP contribution in [0.25, 0.3) is 0 Å². The van der Waals surface area contributed by atoms with Crippen LogP contribution in [0.15, 0.2) is 12.1 Å². The fraction of sp³-hybridized carbons (Fsp3) is 0.533. The van der Waals surface area contributed by atoms with E-state index in [9.17, 15) is 4.79 Å². The maximum absolute atomic E-state index is 11.8. The minimum Gasteiger partial charge on any atom is -0.493 e. The number of nitrogens with one attached hydrogen (secondary N) is 1. The van der Waals surface area contributed by atoms with Gasteiger partial charge in [0, 0.05) is 22.2 Å². The van der Waals surface area contributed by atoms with Gasteiger partial charge in [0.25, 0.3) is 5.91 Å². The smallest absolute Gasteiger partial charge is 0.258 e. The van der Waals surface area contributed by atoms with Crippen LogP contribution in [0.3, 0.4) is 0 Å². The second kappa shape index (κ2) is 7.52. The Hall–Kier alpha value is -1.46. The summed E-state index contributed by atoms with van der Waals surface area (Å²) < 4.78 is 10.9. The lowest BCUT2D eigenvalue weighted by molar-refractivity contribution is -0.124. The average Bonchev–Trinajstić information content (AvgIpc) is 2.35. The highest BCUT2D eigenvalue weighted by atomic mass is 35.5. The summed E-state index contributed by atoms with van der Waals surface area (Å²) in [5, 5.41) is 3.38. The molecule has 1 aromatic carbocycles. The maximum Gasteiger partial charge on any atom is 0.258 e. The third kappa shape index (κ3) is 5.81. The second-order valence-corrected chi connectivity index (χ2v) is 6.16. The molecule has 0 heterocycles. The van der Waals surface area contributed by atoms with Gasteiger partial charge in [-0.1, -0.05) is 11.6 Å². The molecule has 3 N–H and O–H groups in total. The van der Waals surface area contributed by atoms with E-state index >= 15 is 0 Å². The molecule has 0 fully saturated rings. The summed E-state index contributed by atoms with van der Waals surface area (Å²) in [7, 11) is 1.53. The van der Waals surface area contributed by atoms with Crippen molar-refractivity contribution in [2.45, 2.75) is 32.7 Å². The molecule has 0 aromatic heterocycles. The molecule has 0 saturated heterocycles. The molecule has 118 valence electrons. The number of nitrogens with two attached hydrogens (primary N) is 1. The summed E-state index contributed by atoms with van der Waals surface area (Å²) in [6.07, 6.45) is 0.590. The summed E-state index contributed by atoms with van der Waals surface area (Å²) in [5.41, 5.74) is 6.11. The number of methoxy groups -OCH3 is 1. The zero-order chi connectivity index (χ0) is 16.0. The van der Waals surface area contributed by atoms with Crippen LogP contribution in [0.5, 0.6) is 11.5 Å². The number of amides is 1. The second-order valence-electron chi connectivity index (χ2n) is 5.72. The maximum atomic E-state index is 11.8. The van der Waals surface area contributed by atoms with Gasteiger partial charge in [-0.15, -0.1) is 0 Å². The lowest BCUT2D eigenvalue weighted by Crippen LogP contribution is -2.43. The van der Waals surface area contributed by atoms with Crippen LogP contribution < -0.4 is 20.5 Å². The molecule has 1 rings (SSSR count). The van der Waals surface area contributed by atoms with Crippen LogP contribution in [0.1, 0.15) is 26.3 Å². The molecule has 1 amide bonds. The van der Waals surface area contributed by atoms with Crippen LogP contribution in [-0.2, 0) is 11.2 Å². The van der Waals surface area contributed by atoms with E-state index in [2.05, 4.69) is 5.32 Å². The predicted octanol–water partition coefficient (Wildman–Crippen LogP) is 2.14. The molecule has 0 spiro atoms. The van der Waals surface area contributed by atoms with E-state index in [-0.39, 0.29) is 18.1 Å². The Morgan fingerprint density at radius 1 is 1.38 bits per heavy atom. The van der Waals surface area contributed by atoms with E-state index in [0.717, 1.165) is 5.56 Å². The molecule has 0 atom stereocenters. The minimum absolute atomic E-state index is 0.0904. The molecule has 0 aliphatic carbocycles. The molecule has 0 aliphatic rings. The molecular formula is C15H23ClN2O3. The van der Waals surface area contributed by atoms with Gasteiger partial charge in [0.1, 0.15) is 0 Å². The number of ether oxygens (including phenoxy) is 2. The fourth-order valence-electron chi connectivity index (χ4n) is 1.87. The first kappa shape index (κ1) is 17.6. The third-order valence-electron chi connectivity index (χ3n) is 2.59. The summed E-state index contributed by atoms with van der Waals surface area (Å²) >= 11 is 6.03. The Morgan fingerprint density at radius 3 is 2.57 bits per heavy atom. The van der Waals surface area contributed by atoms with Crippen LogP contribution >= 0.6 is 11.6 Å². The molecule has 0 saturated carbocycles. The molecule has 1 aromatic rings. The highest BCUT2D eigenvalue weighted by Crippen LogP contribution is 2.34. The summed E-state index contributed by atoms with van der Waals surface area (Å²) in [6.45, 7) is 6.09. The number of carbonyl (C=O) groups is 1. The number of halogens is 1. The van der Waals surface area contributed by atoms with Crippen molar-refractivity contribution < 1.29 is 14.3 Å². The number of carbonyl (C=O) groups excluding carboxylic acids is 1. The molecular weight excluding hydrogens is 292 g/mol. The van der Waals surface area contributed by atoms with Crippen LogP contribution in [0.4, 0.5) is 0 Å². The van der Waals surface area contributed by atoms with Gasteiger partial charge in [-0.2, -0.15) is 0 Å². The first-order chi connectivity index (χ1) is 9.76. The van der Waals surface area contributed by atoms with Crippen molar-refractivity contribution in [3.05, 3.63) is 22.7 Å². The standard InChI is InChI=1S/C15H23ClN2O3/c1-15(2,3)18-13(19)9-21-14-10(5-6-17)7-11(16)8-12(14)20-4/h7-8H,5-6,9,17H2,1-4H3,(H,18,19). The SMILES string of the molecule is COc1cc(Cl)cc(CCN)c1OCC(=O)NC(C)(C)C. The van der Waals surface area contributed by atoms with E-state index in [1.165, 1.54) is 7.11 Å². The first-order valence-corrected chi connectivity index (χ1v) is 7.15. The normalized spacial score (nSPS) is 11.1. The van der Waals surface area contributed by atoms with Gasteiger partial charge in [-0.25, -0.2) is 0 Å². The molecule has 6 heteroatoms. The van der Waals surface area contributed by atoms with Gasteiger partial charge in [-0.3, -0.25) is 4.79 Å². The van der Waals surface area contributed by atoms with E-state index in [1.54, 1.807) is 12.1 Å². The summed E-state index contributed by atoms with van der Waals surface area (Å²) in [6, 6.07) is 3.42. The molecule has 0 radical (unpaired) electrons. The Morgan fingerprint density at radius 2 is 2.05 bits per heavy atom. The number of benzene rings is 1. The predicted molar refractivity (Wildman–Crippen MR) is 84.2 cm³/mol. The Labute approximate surface area is 130 Å². The third-order valence-corrected chi connectivity index (χ3v) is 2.81. The van der Waals surface area contributed by atoms with Crippen molar-refractivity contribution in [3.8, 4) is 11.5 Å². The van der Waals surface area contributed by atoms with E-state index in [4.69, 9.17) is 26.8 Å². The largest absolute Gasteiger partial charge is 0.493 e. The quantitative estimate of drug-likeness (QED) is 0.843. The first-order valence-electron chi connectivity index (χ1n) is 6.77. The highest BCUT2D eigenvalue weighted by Gasteiger charge is 2.17. The van der Waals surface area contributed by atoms with Crippen molar-refractivity contribution in [3.63, 3.8) is 0 Å². The van der Waals surface area contributed by atoms with E-state index in [0.29, 0.717) is 29.5 Å². The van der Waals surface area contributed by atoms with Crippen molar-refractivity contribution in [2.24, 2.45) is 5.73 Å². The van der Waals surface area contributed by atoms with E-state index < -0.39 is 0 Å². The summed E-state index contributed by atoms with van der Waals surface area (Å²) in [5.74, 6) is 0.809. The lowest BCUT2D eigenvalue weighted by Gasteiger charge is -2.21. The van der Waals surface area contributed by atoms with Gasteiger partial charge in [0.15, 0.2) is 18.1 Å². The highest BCUT2D eigenvalue weighted by molar-refractivity contribution is 6.30. The number of hydrogen-bond donors (Lipinski definition) is 2. The monoisotopic (exact) mass is 314 g/mol. The van der Waals surface area contributed by atoms with Gasteiger partial charge in [-0.05, 0) is 39.8 Å². The van der Waals surface area contributed by atoms with E-state index in [1.807, 2.05) is 20.8 Å². The minimum atomic E-state index is -0.301. The molecule has 0 aliphatic heterocycles. The van der Waals surface area contributed by atoms with Crippen LogP contribution in [0, 0.1) is 0 Å². The molecule has 0 bridgehead atoms. The average molecular weight is 315 g/mol. The number of rotatable bonds is 6. The topological polar surface area (TPSA) is 73.6 Å². The van der Waals surface area contributed by atoms with Crippen molar-refractivity contribution in [1.82, 2.24) is 5.32 Å². The van der Waals surface area contributed by atoms with Crippen molar-refractivity contribution in [2.75, 3.05) is 20.3 Å². The van der Waals surface area contributed by atoms with Crippen LogP contribution in [0.2, 0.25) is 5.02 Å². The lowest BCUT2D eigenvalue weighted by atomic mass is 10.1. The number of hydrogen-bond acceptors (Lipinski definition) is 4. The Kier molecular flexibility index (Phi) is 6.30. The zero-order valence-electron chi connectivity index (χ0n) is 13.0. The zero-order valence-corrected chi connectivity index (χ0v) is 13.7. The Balaban J connectivity index is 2.88. The van der Waals surface area contributed by atoms with Gasteiger partial charge >= 0.3 is 0 Å². The molecule has 0 unspecified atom stereocenters. The fourth-order valence-corrected chi connectivity index (χ4v) is 2.10. The Bertz CT molecular complexity index is 498. The molecule has 5 nitrogen and oxygen atoms in total. The van der Waals surface area contributed by atoms with Crippen molar-refractivity contribution in [1.29, 1.82) is 0 Å². The van der Waals surface area contributed by atoms with Crippen molar-refractivity contribution >= 4 is 17.5 Å². The van der Waals surface area contributed by atoms with Gasteiger partial charge in [0.2, 0.25) is 0 Å². The van der Waals surface area contributed by atoms with Crippen LogP contribution in [-0.4, -0.2) is 31.7 Å². The molecule has 21 heavy (non-hydrogen) atoms. The summed E-state index contributed by atoms with van der Waals surface area (Å²) in [4.78, 5) is 11.8. The van der Waals surface area contributed by atoms with Gasteiger partial charge < -0.3 is 20.5 Å². The van der Waals surface area contributed by atoms with Gasteiger partial charge in [0.05, 0.1) is 7.11 Å².